The molecule has 4 aliphatic carbocycles. The molecule has 1 aromatic heterocycles. The van der Waals surface area contributed by atoms with Gasteiger partial charge >= 0.3 is 0 Å². The fourth-order valence-corrected chi connectivity index (χ4v) is 10.4. The van der Waals surface area contributed by atoms with Crippen molar-refractivity contribution >= 4 is 21.5 Å². The van der Waals surface area contributed by atoms with Crippen molar-refractivity contribution in [3.8, 4) is 62.2 Å². The van der Waals surface area contributed by atoms with E-state index in [-0.39, 0.29) is 6.10 Å². The maximum atomic E-state index is 7.24. The fourth-order valence-electron chi connectivity index (χ4n) is 10.4. The van der Waals surface area contributed by atoms with Gasteiger partial charge in [0.15, 0.2) is 17.5 Å². The van der Waals surface area contributed by atoms with Gasteiger partial charge < -0.3 is 4.74 Å². The smallest absolute Gasteiger partial charge is 0.164 e. The van der Waals surface area contributed by atoms with Crippen molar-refractivity contribution in [3.05, 3.63) is 215 Å². The van der Waals surface area contributed by atoms with Crippen LogP contribution in [0.3, 0.4) is 0 Å². The van der Waals surface area contributed by atoms with Crippen LogP contribution in [-0.4, -0.2) is 21.1 Å². The molecule has 0 amide bonds. The number of hydrogen-bond acceptors (Lipinski definition) is 4. The van der Waals surface area contributed by atoms with Crippen molar-refractivity contribution in [1.29, 1.82) is 0 Å². The highest BCUT2D eigenvalue weighted by Gasteiger charge is 2.54. The summed E-state index contributed by atoms with van der Waals surface area (Å²) in [5.41, 5.74) is 14.7. The van der Waals surface area contributed by atoms with Crippen LogP contribution >= 0.6 is 0 Å². The molecule has 276 valence electrons. The van der Waals surface area contributed by atoms with Crippen LogP contribution in [-0.2, 0) is 11.8 Å². The van der Waals surface area contributed by atoms with Gasteiger partial charge in [-0.1, -0.05) is 176 Å². The SMILES string of the molecule is C1=CCC2Oc3c(-c4ccccc4-c4nc(-c5ccc6c(ccc7ccccc76)c5)nc(-c5ccc6cc5C6)n4)cccc3C3(C2=C1)c1ccccc1-c1ccccc13. The zero-order valence-electron chi connectivity index (χ0n) is 32.1. The molecular weight excluding hydrogens is 719 g/mol. The zero-order valence-corrected chi connectivity index (χ0v) is 32.1. The Morgan fingerprint density at radius 2 is 1.14 bits per heavy atom. The van der Waals surface area contributed by atoms with E-state index in [1.807, 2.05) is 0 Å². The molecule has 4 heteroatoms. The Morgan fingerprint density at radius 1 is 0.492 bits per heavy atom. The third-order valence-electron chi connectivity index (χ3n) is 13.1. The number of aromatic nitrogens is 3. The molecule has 9 aromatic rings. The van der Waals surface area contributed by atoms with Crippen molar-refractivity contribution in [1.82, 2.24) is 15.0 Å². The summed E-state index contributed by atoms with van der Waals surface area (Å²) >= 11 is 0. The highest BCUT2D eigenvalue weighted by molar-refractivity contribution is 6.08. The van der Waals surface area contributed by atoms with Gasteiger partial charge in [-0.3, -0.25) is 0 Å². The Hall–Kier alpha value is -7.43. The minimum Gasteiger partial charge on any atom is -0.485 e. The van der Waals surface area contributed by atoms with Crippen molar-refractivity contribution < 1.29 is 4.74 Å². The number of rotatable bonds is 4. The Kier molecular flexibility index (Phi) is 6.80. The average molecular weight is 754 g/mol. The van der Waals surface area contributed by atoms with Gasteiger partial charge in [-0.05, 0) is 78.5 Å². The highest BCUT2D eigenvalue weighted by Crippen LogP contribution is 2.62. The maximum Gasteiger partial charge on any atom is 0.164 e. The average Bonchev–Trinajstić information content (AvgIpc) is 3.59. The highest BCUT2D eigenvalue weighted by atomic mass is 16.5. The number of fused-ring (bicyclic) bond motifs is 14. The third-order valence-corrected chi connectivity index (χ3v) is 13.1. The molecule has 0 saturated heterocycles. The van der Waals surface area contributed by atoms with Crippen LogP contribution in [0.5, 0.6) is 5.75 Å². The van der Waals surface area contributed by atoms with Crippen LogP contribution in [0.1, 0.15) is 34.2 Å². The van der Waals surface area contributed by atoms with E-state index in [0.717, 1.165) is 57.4 Å². The number of benzene rings is 8. The Morgan fingerprint density at radius 3 is 1.93 bits per heavy atom. The minimum atomic E-state index is -0.494. The summed E-state index contributed by atoms with van der Waals surface area (Å²) in [5.74, 6) is 2.88. The van der Waals surface area contributed by atoms with E-state index < -0.39 is 5.41 Å². The van der Waals surface area contributed by atoms with Crippen molar-refractivity contribution in [3.63, 3.8) is 0 Å². The molecule has 14 rings (SSSR count). The maximum absolute atomic E-state index is 7.24. The first-order valence-corrected chi connectivity index (χ1v) is 20.5. The van der Waals surface area contributed by atoms with E-state index in [1.54, 1.807) is 0 Å². The predicted octanol–water partition coefficient (Wildman–Crippen LogP) is 12.7. The predicted molar refractivity (Wildman–Crippen MR) is 237 cm³/mol. The van der Waals surface area contributed by atoms with Crippen molar-refractivity contribution in [2.24, 2.45) is 0 Å². The van der Waals surface area contributed by atoms with Gasteiger partial charge in [-0.2, -0.15) is 0 Å². The minimum absolute atomic E-state index is 0.118. The summed E-state index contributed by atoms with van der Waals surface area (Å²) in [5, 5.41) is 4.83. The second kappa shape index (κ2) is 12.3. The summed E-state index contributed by atoms with van der Waals surface area (Å²) in [6.07, 6.45) is 8.36. The normalized spacial score (nSPS) is 16.1. The van der Waals surface area contributed by atoms with Crippen LogP contribution in [0.4, 0.5) is 0 Å². The van der Waals surface area contributed by atoms with E-state index in [9.17, 15) is 0 Å². The van der Waals surface area contributed by atoms with Crippen molar-refractivity contribution in [2.75, 3.05) is 0 Å². The summed E-state index contributed by atoms with van der Waals surface area (Å²) < 4.78 is 7.24. The van der Waals surface area contributed by atoms with Crippen LogP contribution in [0.15, 0.2) is 188 Å². The van der Waals surface area contributed by atoms with E-state index in [2.05, 4.69) is 182 Å². The van der Waals surface area contributed by atoms with Gasteiger partial charge in [0, 0.05) is 34.2 Å². The number of nitrogens with zero attached hydrogens (tertiary/aromatic N) is 3. The Bertz CT molecular complexity index is 3290. The standard InChI is InChI=1S/C55H35N3O/c1-2-13-38-34(12-1)25-26-35-32-36(27-29-39(35)38)52-56-53(40-28-24-33-30-37(40)31-33)58-54(57-52)45-17-4-3-14-41(45)44-18-11-22-49-51(44)59-50-23-10-9-21-48(50)55(49)46-19-7-5-15-42(46)43-16-6-8-20-47(43)55/h1-22,24-30,32,50H,23,31H2. The molecule has 0 fully saturated rings. The topological polar surface area (TPSA) is 47.9 Å². The van der Waals surface area contributed by atoms with E-state index in [0.29, 0.717) is 17.5 Å². The van der Waals surface area contributed by atoms with E-state index in [1.165, 1.54) is 55.1 Å². The van der Waals surface area contributed by atoms with Crippen LogP contribution in [0, 0.1) is 0 Å². The van der Waals surface area contributed by atoms with E-state index in [4.69, 9.17) is 19.7 Å². The monoisotopic (exact) mass is 753 g/mol. The first-order valence-electron chi connectivity index (χ1n) is 20.5. The largest absolute Gasteiger partial charge is 0.485 e. The third kappa shape index (κ3) is 4.63. The molecule has 0 saturated carbocycles. The first kappa shape index (κ1) is 32.6. The lowest BCUT2D eigenvalue weighted by Crippen LogP contribution is -2.42. The Labute approximate surface area is 341 Å². The Balaban J connectivity index is 1.03. The molecule has 59 heavy (non-hydrogen) atoms. The fraction of sp³-hybridized carbons (Fsp3) is 0.0727. The molecular formula is C55H35N3O. The van der Waals surface area contributed by atoms with E-state index >= 15 is 0 Å². The second-order valence-electron chi connectivity index (χ2n) is 16.2. The summed E-state index contributed by atoms with van der Waals surface area (Å²) in [7, 11) is 0. The molecule has 1 atom stereocenters. The van der Waals surface area contributed by atoms with Gasteiger partial charge in [-0.15, -0.1) is 0 Å². The molecule has 4 nitrogen and oxygen atoms in total. The zero-order chi connectivity index (χ0) is 38.7. The molecule has 8 aromatic carbocycles. The van der Waals surface area contributed by atoms with Gasteiger partial charge in [-0.25, -0.2) is 15.0 Å². The lowest BCUT2D eigenvalue weighted by Gasteiger charge is -2.45. The van der Waals surface area contributed by atoms with Crippen LogP contribution in [0.25, 0.3) is 78.0 Å². The van der Waals surface area contributed by atoms with Gasteiger partial charge in [0.25, 0.3) is 0 Å². The van der Waals surface area contributed by atoms with Crippen LogP contribution < -0.4 is 4.74 Å². The quantitative estimate of drug-likeness (QED) is 0.168. The molecule has 0 radical (unpaired) electrons. The number of allylic oxidation sites excluding steroid dienone is 2. The second-order valence-corrected chi connectivity index (χ2v) is 16.2. The summed E-state index contributed by atoms with van der Waals surface area (Å²) in [4.78, 5) is 15.8. The molecule has 2 heterocycles. The molecule has 5 aliphatic rings. The first-order chi connectivity index (χ1) is 29.2. The molecule has 1 aliphatic heterocycles. The number of ether oxygens (including phenoxy) is 1. The van der Waals surface area contributed by atoms with Crippen molar-refractivity contribution in [2.45, 2.75) is 24.4 Å². The van der Waals surface area contributed by atoms with Crippen LogP contribution in [0.2, 0.25) is 0 Å². The lowest BCUT2D eigenvalue weighted by atomic mass is 9.62. The van der Waals surface area contributed by atoms with Gasteiger partial charge in [0.1, 0.15) is 11.9 Å². The number of para-hydroxylation sites is 1. The molecule has 2 bridgehead atoms. The van der Waals surface area contributed by atoms with Gasteiger partial charge in [0.05, 0.1) is 5.41 Å². The lowest BCUT2D eigenvalue weighted by molar-refractivity contribution is 0.206. The summed E-state index contributed by atoms with van der Waals surface area (Å²) in [6.45, 7) is 0. The van der Waals surface area contributed by atoms with Gasteiger partial charge in [0.2, 0.25) is 0 Å². The molecule has 1 spiro atoms. The molecule has 1 unspecified atom stereocenters. The number of hydrogen-bond donors (Lipinski definition) is 0. The summed E-state index contributed by atoms with van der Waals surface area (Å²) in [6, 6.07) is 59.2. The molecule has 0 N–H and O–H groups in total.